The number of aryl methyl sites for hydroxylation is 1. The molecule has 88 valence electrons. The first-order valence-corrected chi connectivity index (χ1v) is 6.37. The molecule has 0 radical (unpaired) electrons. The molecule has 3 heteroatoms. The smallest absolute Gasteiger partial charge is 0.101 e. The highest BCUT2D eigenvalue weighted by Gasteiger charge is 2.07. The third-order valence-corrected chi connectivity index (χ3v) is 3.46. The van der Waals surface area contributed by atoms with Crippen LogP contribution >= 0.6 is 11.8 Å². The molecule has 17 heavy (non-hydrogen) atoms. The number of benzene rings is 1. The van der Waals surface area contributed by atoms with Crippen LogP contribution in [0.4, 0.5) is 0 Å². The highest BCUT2D eigenvalue weighted by Crippen LogP contribution is 2.27. The van der Waals surface area contributed by atoms with E-state index in [1.165, 1.54) is 4.90 Å². The molecule has 0 aliphatic heterocycles. The molecule has 1 heterocycles. The van der Waals surface area contributed by atoms with Gasteiger partial charge in [0.25, 0.3) is 0 Å². The van der Waals surface area contributed by atoms with Crippen LogP contribution in [0.25, 0.3) is 0 Å². The Hall–Kier alpha value is -1.32. The molecule has 1 aromatic heterocycles. The van der Waals surface area contributed by atoms with Gasteiger partial charge in [0.05, 0.1) is 6.10 Å². The lowest BCUT2D eigenvalue weighted by atomic mass is 10.1. The highest BCUT2D eigenvalue weighted by atomic mass is 32.2. The molecule has 0 amide bonds. The highest BCUT2D eigenvalue weighted by molar-refractivity contribution is 7.99. The standard InChI is InChI=1S/C14H15NOS/c1-10-13(11(2)16)8-9-14(15-10)17-12-6-4-3-5-7-12/h3-9,11,16H,1-2H3/t11-/m1/s1. The van der Waals surface area contributed by atoms with Gasteiger partial charge in [0.15, 0.2) is 0 Å². The van der Waals surface area contributed by atoms with Crippen LogP contribution in [-0.4, -0.2) is 10.1 Å². The number of rotatable bonds is 3. The van der Waals surface area contributed by atoms with Crippen LogP contribution in [0.5, 0.6) is 0 Å². The maximum Gasteiger partial charge on any atom is 0.101 e. The van der Waals surface area contributed by atoms with Crippen LogP contribution in [0.2, 0.25) is 0 Å². The fraction of sp³-hybridized carbons (Fsp3) is 0.214. The molecule has 0 saturated heterocycles. The second-order valence-corrected chi connectivity index (χ2v) is 5.01. The van der Waals surface area contributed by atoms with E-state index >= 15 is 0 Å². The maximum absolute atomic E-state index is 9.54. The lowest BCUT2D eigenvalue weighted by molar-refractivity contribution is 0.198. The minimum atomic E-state index is -0.460. The van der Waals surface area contributed by atoms with Crippen LogP contribution in [0.15, 0.2) is 52.4 Å². The first-order chi connectivity index (χ1) is 8.16. The maximum atomic E-state index is 9.54. The van der Waals surface area contributed by atoms with Gasteiger partial charge in [0.1, 0.15) is 5.03 Å². The summed E-state index contributed by atoms with van der Waals surface area (Å²) in [7, 11) is 0. The zero-order valence-corrected chi connectivity index (χ0v) is 10.7. The first-order valence-electron chi connectivity index (χ1n) is 5.55. The van der Waals surface area contributed by atoms with Gasteiger partial charge in [-0.2, -0.15) is 0 Å². The Balaban J connectivity index is 2.21. The molecule has 1 aromatic carbocycles. The molecule has 2 nitrogen and oxygen atoms in total. The normalized spacial score (nSPS) is 12.4. The van der Waals surface area contributed by atoms with E-state index in [0.29, 0.717) is 0 Å². The van der Waals surface area contributed by atoms with Crippen LogP contribution in [0.3, 0.4) is 0 Å². The van der Waals surface area contributed by atoms with Gasteiger partial charge in [-0.25, -0.2) is 4.98 Å². The van der Waals surface area contributed by atoms with Gasteiger partial charge in [0, 0.05) is 16.2 Å². The molecular formula is C14H15NOS. The van der Waals surface area contributed by atoms with Crippen LogP contribution in [0.1, 0.15) is 24.3 Å². The van der Waals surface area contributed by atoms with Gasteiger partial charge in [-0.1, -0.05) is 36.0 Å². The molecule has 0 saturated carbocycles. The molecule has 1 atom stereocenters. The summed E-state index contributed by atoms with van der Waals surface area (Å²) < 4.78 is 0. The van der Waals surface area contributed by atoms with Crippen molar-refractivity contribution in [1.82, 2.24) is 4.98 Å². The summed E-state index contributed by atoms with van der Waals surface area (Å²) in [4.78, 5) is 5.66. The molecule has 0 aliphatic carbocycles. The summed E-state index contributed by atoms with van der Waals surface area (Å²) in [5, 5.41) is 10.5. The Bertz CT molecular complexity index is 497. The molecule has 0 unspecified atom stereocenters. The van der Waals surface area contributed by atoms with Crippen molar-refractivity contribution in [1.29, 1.82) is 0 Å². The van der Waals surface area contributed by atoms with Crippen molar-refractivity contribution in [3.05, 3.63) is 53.7 Å². The van der Waals surface area contributed by atoms with Gasteiger partial charge in [-0.15, -0.1) is 0 Å². The molecular weight excluding hydrogens is 230 g/mol. The topological polar surface area (TPSA) is 33.1 Å². The van der Waals surface area contributed by atoms with Gasteiger partial charge >= 0.3 is 0 Å². The Morgan fingerprint density at radius 3 is 2.41 bits per heavy atom. The number of nitrogens with zero attached hydrogens (tertiary/aromatic N) is 1. The largest absolute Gasteiger partial charge is 0.389 e. The molecule has 2 aromatic rings. The third-order valence-electron chi connectivity index (χ3n) is 2.52. The number of hydrogen-bond donors (Lipinski definition) is 1. The average molecular weight is 245 g/mol. The van der Waals surface area contributed by atoms with Gasteiger partial charge in [-0.05, 0) is 32.0 Å². The molecule has 0 spiro atoms. The quantitative estimate of drug-likeness (QED) is 0.897. The fourth-order valence-electron chi connectivity index (χ4n) is 1.66. The molecule has 2 rings (SSSR count). The Morgan fingerprint density at radius 2 is 1.82 bits per heavy atom. The van der Waals surface area contributed by atoms with E-state index in [-0.39, 0.29) is 0 Å². The molecule has 1 N–H and O–H groups in total. The van der Waals surface area contributed by atoms with Crippen molar-refractivity contribution in [3.8, 4) is 0 Å². The number of aliphatic hydroxyl groups is 1. The summed E-state index contributed by atoms with van der Waals surface area (Å²) in [5.41, 5.74) is 1.78. The zero-order valence-electron chi connectivity index (χ0n) is 9.92. The number of aliphatic hydroxyl groups excluding tert-OH is 1. The number of aromatic nitrogens is 1. The summed E-state index contributed by atoms with van der Waals surface area (Å²) in [6.45, 7) is 3.69. The van der Waals surface area contributed by atoms with Crippen molar-refractivity contribution in [2.24, 2.45) is 0 Å². The second kappa shape index (κ2) is 5.34. The van der Waals surface area contributed by atoms with Crippen molar-refractivity contribution in [3.63, 3.8) is 0 Å². The van der Waals surface area contributed by atoms with Crippen molar-refractivity contribution in [2.45, 2.75) is 29.9 Å². The number of hydrogen-bond acceptors (Lipinski definition) is 3. The monoisotopic (exact) mass is 245 g/mol. The first kappa shape index (κ1) is 12.1. The van der Waals surface area contributed by atoms with Gasteiger partial charge < -0.3 is 5.11 Å². The zero-order chi connectivity index (χ0) is 12.3. The Kier molecular flexibility index (Phi) is 3.82. The van der Waals surface area contributed by atoms with E-state index < -0.39 is 6.10 Å². The van der Waals surface area contributed by atoms with Crippen molar-refractivity contribution < 1.29 is 5.11 Å². The third kappa shape index (κ3) is 3.08. The predicted octanol–water partition coefficient (Wildman–Crippen LogP) is 3.59. The minimum Gasteiger partial charge on any atom is -0.389 e. The summed E-state index contributed by atoms with van der Waals surface area (Å²) >= 11 is 1.63. The van der Waals surface area contributed by atoms with Gasteiger partial charge in [-0.3, -0.25) is 0 Å². The van der Waals surface area contributed by atoms with E-state index in [0.717, 1.165) is 16.3 Å². The van der Waals surface area contributed by atoms with E-state index in [2.05, 4.69) is 17.1 Å². The summed E-state index contributed by atoms with van der Waals surface area (Å²) in [6.07, 6.45) is -0.460. The van der Waals surface area contributed by atoms with E-state index in [1.807, 2.05) is 37.3 Å². The second-order valence-electron chi connectivity index (χ2n) is 3.92. The van der Waals surface area contributed by atoms with Crippen molar-refractivity contribution >= 4 is 11.8 Å². The van der Waals surface area contributed by atoms with Crippen LogP contribution in [0, 0.1) is 6.92 Å². The average Bonchev–Trinajstić information content (AvgIpc) is 2.30. The van der Waals surface area contributed by atoms with E-state index in [1.54, 1.807) is 18.7 Å². The molecule has 0 aliphatic rings. The SMILES string of the molecule is Cc1nc(Sc2ccccc2)ccc1[C@@H](C)O. The molecule has 0 bridgehead atoms. The minimum absolute atomic E-state index is 0.460. The number of pyridine rings is 1. The van der Waals surface area contributed by atoms with Gasteiger partial charge in [0.2, 0.25) is 0 Å². The van der Waals surface area contributed by atoms with E-state index in [9.17, 15) is 5.11 Å². The fourth-order valence-corrected chi connectivity index (χ4v) is 2.51. The Morgan fingerprint density at radius 1 is 1.12 bits per heavy atom. The van der Waals surface area contributed by atoms with Crippen molar-refractivity contribution in [2.75, 3.05) is 0 Å². The lowest BCUT2D eigenvalue weighted by Gasteiger charge is -2.09. The Labute approximate surface area is 106 Å². The summed E-state index contributed by atoms with van der Waals surface area (Å²) in [6, 6.07) is 14.0. The summed E-state index contributed by atoms with van der Waals surface area (Å²) in [5.74, 6) is 0. The van der Waals surface area contributed by atoms with E-state index in [4.69, 9.17) is 0 Å². The molecule has 0 fully saturated rings. The lowest BCUT2D eigenvalue weighted by Crippen LogP contribution is -1.97. The predicted molar refractivity (Wildman–Crippen MR) is 70.2 cm³/mol. The van der Waals surface area contributed by atoms with Crippen LogP contribution < -0.4 is 0 Å². The van der Waals surface area contributed by atoms with Crippen LogP contribution in [-0.2, 0) is 0 Å².